The molecular formula is C25H26ClN5O. The van der Waals surface area contributed by atoms with Gasteiger partial charge in [0.1, 0.15) is 0 Å². The predicted octanol–water partition coefficient (Wildman–Crippen LogP) is 4.63. The molecule has 0 bridgehead atoms. The summed E-state index contributed by atoms with van der Waals surface area (Å²) < 4.78 is 2.01. The van der Waals surface area contributed by atoms with E-state index in [0.29, 0.717) is 11.6 Å². The smallest absolute Gasteiger partial charge is 0.163 e. The largest absolute Gasteiger partial charge is 0.390 e. The Balaban J connectivity index is 1.44. The van der Waals surface area contributed by atoms with Crippen LogP contribution in [-0.4, -0.2) is 42.7 Å². The SMILES string of the molecule is Cc1nn2c(C3CCCN(Cc4ccc(Cl)cc4)C3)ccnc2c1-c1ccc(CO)nc1. The van der Waals surface area contributed by atoms with E-state index in [1.807, 2.05) is 41.9 Å². The number of benzene rings is 1. The van der Waals surface area contributed by atoms with Gasteiger partial charge in [0.15, 0.2) is 5.65 Å². The molecule has 0 saturated carbocycles. The van der Waals surface area contributed by atoms with Gasteiger partial charge in [-0.25, -0.2) is 9.50 Å². The van der Waals surface area contributed by atoms with Crippen LogP contribution >= 0.6 is 11.6 Å². The summed E-state index contributed by atoms with van der Waals surface area (Å²) in [6, 6.07) is 14.1. The summed E-state index contributed by atoms with van der Waals surface area (Å²) in [6.45, 7) is 4.96. The minimum absolute atomic E-state index is 0.0649. The molecule has 1 aliphatic rings. The molecular weight excluding hydrogens is 422 g/mol. The number of halogens is 1. The molecule has 1 aromatic carbocycles. The summed E-state index contributed by atoms with van der Waals surface area (Å²) in [5.74, 6) is 0.392. The Morgan fingerprint density at radius 2 is 1.94 bits per heavy atom. The number of aliphatic hydroxyl groups is 1. The van der Waals surface area contributed by atoms with Crippen molar-refractivity contribution in [2.75, 3.05) is 13.1 Å². The Morgan fingerprint density at radius 3 is 2.69 bits per heavy atom. The van der Waals surface area contributed by atoms with Crippen LogP contribution in [0.4, 0.5) is 0 Å². The first-order valence-corrected chi connectivity index (χ1v) is 11.4. The van der Waals surface area contributed by atoms with Gasteiger partial charge >= 0.3 is 0 Å². The van der Waals surface area contributed by atoms with E-state index in [-0.39, 0.29) is 6.61 Å². The van der Waals surface area contributed by atoms with Crippen molar-refractivity contribution in [1.82, 2.24) is 24.5 Å². The lowest BCUT2D eigenvalue weighted by Gasteiger charge is -2.33. The second kappa shape index (κ2) is 8.98. The second-order valence-electron chi connectivity index (χ2n) is 8.46. The van der Waals surface area contributed by atoms with E-state index in [9.17, 15) is 5.11 Å². The van der Waals surface area contributed by atoms with E-state index >= 15 is 0 Å². The molecule has 3 aromatic heterocycles. The van der Waals surface area contributed by atoms with E-state index in [0.717, 1.165) is 60.0 Å². The standard InChI is InChI=1S/C25H26ClN5O/c1-17-24(19-6-9-22(16-32)28-13-19)25-27-11-10-23(31(25)29-17)20-3-2-12-30(15-20)14-18-4-7-21(26)8-5-18/h4-11,13,20,32H,2-3,12,14-16H2,1H3. The molecule has 5 rings (SSSR count). The van der Waals surface area contributed by atoms with Crippen LogP contribution < -0.4 is 0 Å². The quantitative estimate of drug-likeness (QED) is 0.483. The van der Waals surface area contributed by atoms with Crippen LogP contribution in [0.3, 0.4) is 0 Å². The van der Waals surface area contributed by atoms with Crippen molar-refractivity contribution < 1.29 is 5.11 Å². The zero-order chi connectivity index (χ0) is 22.1. The fourth-order valence-corrected chi connectivity index (χ4v) is 4.80. The first-order valence-electron chi connectivity index (χ1n) is 11.0. The van der Waals surface area contributed by atoms with Crippen LogP contribution in [0, 0.1) is 6.92 Å². The van der Waals surface area contributed by atoms with Crippen molar-refractivity contribution in [2.45, 2.75) is 38.8 Å². The highest BCUT2D eigenvalue weighted by Crippen LogP contribution is 2.32. The summed E-state index contributed by atoms with van der Waals surface area (Å²) in [5.41, 5.74) is 6.88. The fraction of sp³-hybridized carbons (Fsp3) is 0.320. The number of likely N-dealkylation sites (tertiary alicyclic amines) is 1. The lowest BCUT2D eigenvalue weighted by Crippen LogP contribution is -2.34. The van der Waals surface area contributed by atoms with Gasteiger partial charge in [0, 0.05) is 42.0 Å². The Kier molecular flexibility index (Phi) is 5.91. The highest BCUT2D eigenvalue weighted by atomic mass is 35.5. The second-order valence-corrected chi connectivity index (χ2v) is 8.90. The van der Waals surface area contributed by atoms with Gasteiger partial charge in [-0.1, -0.05) is 29.8 Å². The molecule has 0 spiro atoms. The summed E-state index contributed by atoms with van der Waals surface area (Å²) >= 11 is 6.04. The minimum atomic E-state index is -0.0649. The molecule has 1 saturated heterocycles. The van der Waals surface area contributed by atoms with Gasteiger partial charge in [0.25, 0.3) is 0 Å². The lowest BCUT2D eigenvalue weighted by molar-refractivity contribution is 0.197. The summed E-state index contributed by atoms with van der Waals surface area (Å²) in [4.78, 5) is 11.5. The third kappa shape index (κ3) is 4.13. The Labute approximate surface area is 192 Å². The van der Waals surface area contributed by atoms with Crippen LogP contribution in [0.1, 0.15) is 41.4 Å². The average Bonchev–Trinajstić information content (AvgIpc) is 3.16. The zero-order valence-electron chi connectivity index (χ0n) is 18.1. The van der Waals surface area contributed by atoms with E-state index in [2.05, 4.69) is 33.1 Å². The number of aryl methyl sites for hydroxylation is 1. The van der Waals surface area contributed by atoms with Crippen molar-refractivity contribution in [3.05, 3.63) is 82.5 Å². The van der Waals surface area contributed by atoms with Gasteiger partial charge in [-0.05, 0) is 56.1 Å². The number of hydrogen-bond acceptors (Lipinski definition) is 5. The number of fused-ring (bicyclic) bond motifs is 1. The summed E-state index contributed by atoms with van der Waals surface area (Å²) in [7, 11) is 0. The molecule has 4 heterocycles. The van der Waals surface area contributed by atoms with Crippen molar-refractivity contribution in [2.24, 2.45) is 0 Å². The van der Waals surface area contributed by atoms with Crippen molar-refractivity contribution in [3.8, 4) is 11.1 Å². The lowest BCUT2D eigenvalue weighted by atomic mass is 9.94. The molecule has 0 aliphatic carbocycles. The molecule has 1 N–H and O–H groups in total. The van der Waals surface area contributed by atoms with Crippen molar-refractivity contribution >= 4 is 17.2 Å². The number of aromatic nitrogens is 4. The Bertz CT molecular complexity index is 1220. The first kappa shape index (κ1) is 21.1. The van der Waals surface area contributed by atoms with Gasteiger partial charge < -0.3 is 5.11 Å². The Hall–Kier alpha value is -2.80. The molecule has 1 aliphatic heterocycles. The number of piperidine rings is 1. The molecule has 164 valence electrons. The van der Waals surface area contributed by atoms with Crippen LogP contribution in [0.5, 0.6) is 0 Å². The average molecular weight is 448 g/mol. The molecule has 0 amide bonds. The Morgan fingerprint density at radius 1 is 1.09 bits per heavy atom. The van der Waals surface area contributed by atoms with Gasteiger partial charge in [-0.3, -0.25) is 9.88 Å². The third-order valence-corrected chi connectivity index (χ3v) is 6.49. The van der Waals surface area contributed by atoms with Crippen molar-refractivity contribution in [3.63, 3.8) is 0 Å². The topological polar surface area (TPSA) is 66.5 Å². The molecule has 4 aromatic rings. The maximum atomic E-state index is 9.29. The molecule has 7 heteroatoms. The van der Waals surface area contributed by atoms with E-state index in [4.69, 9.17) is 16.7 Å². The van der Waals surface area contributed by atoms with Crippen LogP contribution in [0.2, 0.25) is 5.02 Å². The molecule has 0 radical (unpaired) electrons. The highest BCUT2D eigenvalue weighted by Gasteiger charge is 2.25. The first-order chi connectivity index (χ1) is 15.6. The number of nitrogens with zero attached hydrogens (tertiary/aromatic N) is 5. The third-order valence-electron chi connectivity index (χ3n) is 6.24. The maximum absolute atomic E-state index is 9.29. The number of rotatable bonds is 5. The number of pyridine rings is 1. The maximum Gasteiger partial charge on any atom is 0.163 e. The van der Waals surface area contributed by atoms with Crippen LogP contribution in [0.15, 0.2) is 54.9 Å². The molecule has 1 fully saturated rings. The minimum Gasteiger partial charge on any atom is -0.390 e. The molecule has 32 heavy (non-hydrogen) atoms. The van der Waals surface area contributed by atoms with E-state index < -0.39 is 0 Å². The van der Waals surface area contributed by atoms with Gasteiger partial charge in [-0.2, -0.15) is 5.10 Å². The van der Waals surface area contributed by atoms with Crippen LogP contribution in [-0.2, 0) is 13.2 Å². The van der Waals surface area contributed by atoms with E-state index in [1.54, 1.807) is 6.20 Å². The normalized spacial score (nSPS) is 17.2. The monoisotopic (exact) mass is 447 g/mol. The summed E-state index contributed by atoms with van der Waals surface area (Å²) in [5, 5.41) is 14.9. The van der Waals surface area contributed by atoms with Crippen molar-refractivity contribution in [1.29, 1.82) is 0 Å². The highest BCUT2D eigenvalue weighted by molar-refractivity contribution is 6.30. The zero-order valence-corrected chi connectivity index (χ0v) is 18.8. The predicted molar refractivity (Wildman–Crippen MR) is 126 cm³/mol. The van der Waals surface area contributed by atoms with Crippen LogP contribution in [0.25, 0.3) is 16.8 Å². The fourth-order valence-electron chi connectivity index (χ4n) is 4.67. The number of aliphatic hydroxyl groups excluding tert-OH is 1. The molecule has 1 atom stereocenters. The van der Waals surface area contributed by atoms with Gasteiger partial charge in [0.05, 0.1) is 29.3 Å². The van der Waals surface area contributed by atoms with Gasteiger partial charge in [0.2, 0.25) is 0 Å². The van der Waals surface area contributed by atoms with E-state index in [1.165, 1.54) is 11.3 Å². The molecule has 6 nitrogen and oxygen atoms in total. The number of hydrogen-bond donors (Lipinski definition) is 1. The summed E-state index contributed by atoms with van der Waals surface area (Å²) in [6.07, 6.45) is 5.97. The van der Waals surface area contributed by atoms with Gasteiger partial charge in [-0.15, -0.1) is 0 Å². The molecule has 1 unspecified atom stereocenters.